The van der Waals surface area contributed by atoms with Gasteiger partial charge in [-0.2, -0.15) is 0 Å². The molecular weight excluding hydrogens is 410 g/mol. The molecule has 0 bridgehead atoms. The maximum Gasteiger partial charge on any atom is 0.349 e. The van der Waals surface area contributed by atoms with E-state index in [-0.39, 0.29) is 13.2 Å². The molecule has 0 saturated carbocycles. The zero-order chi connectivity index (χ0) is 23.1. The van der Waals surface area contributed by atoms with Crippen LogP contribution < -0.4 is 9.47 Å². The molecule has 0 atom stereocenters. The van der Waals surface area contributed by atoms with E-state index in [1.807, 2.05) is 37.3 Å². The largest absolute Gasteiger partial charge is 0.493 e. The molecule has 3 rings (SSSR count). The van der Waals surface area contributed by atoms with Crippen LogP contribution in [0.5, 0.6) is 11.5 Å². The van der Waals surface area contributed by atoms with Crippen molar-refractivity contribution in [1.29, 1.82) is 0 Å². The van der Waals surface area contributed by atoms with Crippen molar-refractivity contribution in [3.05, 3.63) is 65.5 Å². The van der Waals surface area contributed by atoms with Gasteiger partial charge in [0.1, 0.15) is 17.3 Å². The van der Waals surface area contributed by atoms with Gasteiger partial charge in [0.2, 0.25) is 5.89 Å². The number of hydrogen-bond donors (Lipinski definition) is 1. The first-order valence-corrected chi connectivity index (χ1v) is 10.6. The first-order valence-electron chi connectivity index (χ1n) is 10.6. The molecule has 2 aromatic carbocycles. The zero-order valence-electron chi connectivity index (χ0n) is 18.9. The van der Waals surface area contributed by atoms with E-state index in [0.29, 0.717) is 36.0 Å². The summed E-state index contributed by atoms with van der Waals surface area (Å²) in [5, 5.41) is 9.76. The number of nitrogens with zero attached hydrogens (tertiary/aromatic N) is 1. The van der Waals surface area contributed by atoms with Crippen molar-refractivity contribution in [3.63, 3.8) is 0 Å². The number of aryl methyl sites for hydroxylation is 1. The van der Waals surface area contributed by atoms with Crippen LogP contribution in [0.2, 0.25) is 0 Å². The SMILES string of the molecule is CCOC(=O)C(C)(C)Oc1ccc(OCCc2nc(-c3ccccc3)oc2C)cc1CO. The minimum absolute atomic E-state index is 0.256. The molecule has 1 aromatic heterocycles. The fourth-order valence-corrected chi connectivity index (χ4v) is 3.12. The summed E-state index contributed by atoms with van der Waals surface area (Å²) >= 11 is 0. The number of aromatic nitrogens is 1. The van der Waals surface area contributed by atoms with Crippen molar-refractivity contribution < 1.29 is 28.5 Å². The molecule has 1 N–H and O–H groups in total. The molecule has 0 unspecified atom stereocenters. The Kier molecular flexibility index (Phi) is 7.53. The highest BCUT2D eigenvalue weighted by Gasteiger charge is 2.32. The molecule has 0 radical (unpaired) electrons. The summed E-state index contributed by atoms with van der Waals surface area (Å²) in [5.74, 6) is 1.86. The molecule has 0 aliphatic heterocycles. The van der Waals surface area contributed by atoms with Gasteiger partial charge < -0.3 is 23.7 Å². The van der Waals surface area contributed by atoms with Crippen LogP contribution in [0.3, 0.4) is 0 Å². The highest BCUT2D eigenvalue weighted by molar-refractivity contribution is 5.79. The lowest BCUT2D eigenvalue weighted by Gasteiger charge is -2.25. The summed E-state index contributed by atoms with van der Waals surface area (Å²) in [6.07, 6.45) is 0.574. The van der Waals surface area contributed by atoms with E-state index >= 15 is 0 Å². The predicted molar refractivity (Wildman–Crippen MR) is 120 cm³/mol. The predicted octanol–water partition coefficient (Wildman–Crippen LogP) is 4.48. The van der Waals surface area contributed by atoms with Crippen LogP contribution in [0.4, 0.5) is 0 Å². The van der Waals surface area contributed by atoms with Crippen molar-refractivity contribution in [2.45, 2.75) is 46.3 Å². The topological polar surface area (TPSA) is 91.0 Å². The molecular formula is C25H29NO6. The Morgan fingerprint density at radius 3 is 2.59 bits per heavy atom. The van der Waals surface area contributed by atoms with Crippen LogP contribution in [-0.4, -0.2) is 34.9 Å². The number of esters is 1. The molecule has 0 aliphatic carbocycles. The van der Waals surface area contributed by atoms with E-state index in [0.717, 1.165) is 17.0 Å². The fourth-order valence-electron chi connectivity index (χ4n) is 3.12. The average molecular weight is 440 g/mol. The lowest BCUT2D eigenvalue weighted by atomic mass is 10.1. The minimum Gasteiger partial charge on any atom is -0.493 e. The Labute approximate surface area is 188 Å². The van der Waals surface area contributed by atoms with Gasteiger partial charge in [0.05, 0.1) is 25.5 Å². The Hall–Kier alpha value is -3.32. The van der Waals surface area contributed by atoms with Gasteiger partial charge in [-0.25, -0.2) is 9.78 Å². The number of benzene rings is 2. The molecule has 7 heteroatoms. The third kappa shape index (κ3) is 5.68. The van der Waals surface area contributed by atoms with Crippen LogP contribution in [0.25, 0.3) is 11.5 Å². The number of hydrogen-bond acceptors (Lipinski definition) is 7. The van der Waals surface area contributed by atoms with Crippen molar-refractivity contribution >= 4 is 5.97 Å². The molecule has 3 aromatic rings. The summed E-state index contributed by atoms with van der Waals surface area (Å²) in [6.45, 7) is 7.28. The number of carbonyl (C=O) groups is 1. The van der Waals surface area contributed by atoms with Crippen molar-refractivity contribution in [3.8, 4) is 23.0 Å². The van der Waals surface area contributed by atoms with Crippen molar-refractivity contribution in [1.82, 2.24) is 4.98 Å². The first kappa shape index (κ1) is 23.3. The molecule has 7 nitrogen and oxygen atoms in total. The van der Waals surface area contributed by atoms with Crippen LogP contribution >= 0.6 is 0 Å². The summed E-state index contributed by atoms with van der Waals surface area (Å²) in [6, 6.07) is 14.8. The second-order valence-electron chi connectivity index (χ2n) is 7.75. The molecule has 0 amide bonds. The molecule has 1 heterocycles. The monoisotopic (exact) mass is 439 g/mol. The van der Waals surface area contributed by atoms with E-state index in [1.54, 1.807) is 39.0 Å². The van der Waals surface area contributed by atoms with E-state index in [9.17, 15) is 9.90 Å². The smallest absolute Gasteiger partial charge is 0.349 e. The Morgan fingerprint density at radius 2 is 1.91 bits per heavy atom. The number of aliphatic hydroxyl groups excluding tert-OH is 1. The Bertz CT molecular complexity index is 1040. The fraction of sp³-hybridized carbons (Fsp3) is 0.360. The van der Waals surface area contributed by atoms with Crippen LogP contribution in [-0.2, 0) is 22.6 Å². The standard InChI is InChI=1S/C25H29NO6/c1-5-29-24(28)25(3,4)32-22-12-11-20(15-19(22)16-27)30-14-13-21-17(2)31-23(26-21)18-9-7-6-8-10-18/h6-12,15,27H,5,13-14,16H2,1-4H3. The molecule has 0 aliphatic rings. The average Bonchev–Trinajstić information content (AvgIpc) is 3.15. The van der Waals surface area contributed by atoms with Gasteiger partial charge in [-0.1, -0.05) is 18.2 Å². The van der Waals surface area contributed by atoms with Gasteiger partial charge >= 0.3 is 5.97 Å². The number of aliphatic hydroxyl groups is 1. The molecule has 32 heavy (non-hydrogen) atoms. The first-order chi connectivity index (χ1) is 15.3. The normalized spacial score (nSPS) is 11.3. The van der Waals surface area contributed by atoms with Crippen LogP contribution in [0.1, 0.15) is 37.8 Å². The van der Waals surface area contributed by atoms with Crippen molar-refractivity contribution in [2.24, 2.45) is 0 Å². The maximum absolute atomic E-state index is 12.1. The number of carbonyl (C=O) groups excluding carboxylic acids is 1. The summed E-state index contributed by atoms with van der Waals surface area (Å²) in [5.41, 5.74) is 1.10. The number of oxazole rings is 1. The van der Waals surface area contributed by atoms with Gasteiger partial charge in [-0.15, -0.1) is 0 Å². The quantitative estimate of drug-likeness (QED) is 0.466. The van der Waals surface area contributed by atoms with Gasteiger partial charge in [0, 0.05) is 17.5 Å². The van der Waals surface area contributed by atoms with Crippen molar-refractivity contribution in [2.75, 3.05) is 13.2 Å². The number of rotatable bonds is 10. The second kappa shape index (κ2) is 10.3. The molecule has 0 fully saturated rings. The summed E-state index contributed by atoms with van der Waals surface area (Å²) in [7, 11) is 0. The van der Waals surface area contributed by atoms with Gasteiger partial charge in [-0.05, 0) is 58.0 Å². The minimum atomic E-state index is -1.18. The van der Waals surface area contributed by atoms with E-state index in [1.165, 1.54) is 0 Å². The Morgan fingerprint density at radius 1 is 1.16 bits per heavy atom. The lowest BCUT2D eigenvalue weighted by Crippen LogP contribution is -2.40. The maximum atomic E-state index is 12.1. The number of ether oxygens (including phenoxy) is 3. The molecule has 170 valence electrons. The van der Waals surface area contributed by atoms with E-state index < -0.39 is 11.6 Å². The van der Waals surface area contributed by atoms with Crippen LogP contribution in [0.15, 0.2) is 52.9 Å². The zero-order valence-corrected chi connectivity index (χ0v) is 18.9. The second-order valence-corrected chi connectivity index (χ2v) is 7.75. The summed E-state index contributed by atoms with van der Waals surface area (Å²) in [4.78, 5) is 16.7. The summed E-state index contributed by atoms with van der Waals surface area (Å²) < 4.78 is 22.5. The Balaban J connectivity index is 1.63. The third-order valence-electron chi connectivity index (χ3n) is 4.86. The molecule has 0 spiro atoms. The van der Waals surface area contributed by atoms with Gasteiger partial charge in [-0.3, -0.25) is 0 Å². The van der Waals surface area contributed by atoms with E-state index in [2.05, 4.69) is 4.98 Å². The highest BCUT2D eigenvalue weighted by atomic mass is 16.6. The van der Waals surface area contributed by atoms with E-state index in [4.69, 9.17) is 18.6 Å². The van der Waals surface area contributed by atoms with Gasteiger partial charge in [0.15, 0.2) is 5.60 Å². The molecule has 0 saturated heterocycles. The van der Waals surface area contributed by atoms with Crippen LogP contribution in [0, 0.1) is 6.92 Å². The third-order valence-corrected chi connectivity index (χ3v) is 4.86. The van der Waals surface area contributed by atoms with Gasteiger partial charge in [0.25, 0.3) is 0 Å². The lowest BCUT2D eigenvalue weighted by molar-refractivity contribution is -0.158. The highest BCUT2D eigenvalue weighted by Crippen LogP contribution is 2.28.